The van der Waals surface area contributed by atoms with Crippen LogP contribution in [-0.2, 0) is 0 Å². The molecular formula is C8H14BP. The van der Waals surface area contributed by atoms with Crippen molar-refractivity contribution in [2.75, 3.05) is 20.0 Å². The zero-order valence-electron chi connectivity index (χ0n) is 6.91. The van der Waals surface area contributed by atoms with Gasteiger partial charge in [-0.15, -0.1) is 7.92 Å². The molecule has 54 valence electrons. The zero-order valence-corrected chi connectivity index (χ0v) is 7.81. The van der Waals surface area contributed by atoms with E-state index in [1.807, 2.05) is 37.0 Å². The molecule has 0 spiro atoms. The summed E-state index contributed by atoms with van der Waals surface area (Å²) in [7, 11) is 0.380. The van der Waals surface area contributed by atoms with E-state index in [0.29, 0.717) is 7.92 Å². The van der Waals surface area contributed by atoms with Crippen LogP contribution >= 0.6 is 7.92 Å². The van der Waals surface area contributed by atoms with Gasteiger partial charge in [0.15, 0.2) is 0 Å². The van der Waals surface area contributed by atoms with Gasteiger partial charge in [-0.3, -0.25) is 0 Å². The van der Waals surface area contributed by atoms with Gasteiger partial charge in [-0.1, -0.05) is 0 Å². The van der Waals surface area contributed by atoms with E-state index in [1.54, 1.807) is 0 Å². The Morgan fingerprint density at radius 2 is 1.30 bits per heavy atom. The normalized spacial score (nSPS) is 8.00. The molecule has 0 radical (unpaired) electrons. The van der Waals surface area contributed by atoms with E-state index in [2.05, 4.69) is 20.0 Å². The van der Waals surface area contributed by atoms with Gasteiger partial charge in [-0.05, 0) is 20.0 Å². The first-order chi connectivity index (χ1) is 4.73. The third kappa shape index (κ3) is 10.8. The molecule has 0 aliphatic carbocycles. The van der Waals surface area contributed by atoms with Crippen molar-refractivity contribution in [3.05, 3.63) is 30.1 Å². The van der Waals surface area contributed by atoms with Crippen molar-refractivity contribution < 1.29 is 0 Å². The predicted molar refractivity (Wildman–Crippen MR) is 52.5 cm³/mol. The Hall–Kier alpha value is -0.155. The molecule has 0 amide bonds. The molecule has 2 heteroatoms. The van der Waals surface area contributed by atoms with Crippen LogP contribution in [-0.4, -0.2) is 26.9 Å². The summed E-state index contributed by atoms with van der Waals surface area (Å²) in [6.45, 7) is 8.69. The van der Waals surface area contributed by atoms with Gasteiger partial charge in [0.2, 0.25) is 0 Å². The standard InChI is InChI=1S/C5H5B.C3H9P/c1-2-4-6-5-3-1;1-4(2)3/h1-5H;1-3H3. The second-order valence-electron chi connectivity index (χ2n) is 2.50. The van der Waals surface area contributed by atoms with Crippen molar-refractivity contribution in [2.45, 2.75) is 0 Å². The Balaban J connectivity index is 0.000000180. The minimum atomic E-state index is 0.380. The molecule has 0 unspecified atom stereocenters. The second kappa shape index (κ2) is 6.96. The van der Waals surface area contributed by atoms with Crippen molar-refractivity contribution in [2.24, 2.45) is 0 Å². The Morgan fingerprint density at radius 1 is 0.900 bits per heavy atom. The van der Waals surface area contributed by atoms with Gasteiger partial charge in [0.1, 0.15) is 0 Å². The van der Waals surface area contributed by atoms with Gasteiger partial charge in [-0.2, -0.15) is 0 Å². The molecule has 0 bridgehead atoms. The molecule has 1 aromatic heterocycles. The van der Waals surface area contributed by atoms with Gasteiger partial charge in [-0.25, -0.2) is 0 Å². The van der Waals surface area contributed by atoms with Gasteiger partial charge >= 0.3 is 37.0 Å². The van der Waals surface area contributed by atoms with Gasteiger partial charge < -0.3 is 0 Å². The van der Waals surface area contributed by atoms with Crippen LogP contribution in [0.1, 0.15) is 0 Å². The molecule has 0 N–H and O–H groups in total. The molecule has 1 rings (SSSR count). The number of rotatable bonds is 0. The molecule has 1 aromatic rings. The molecule has 0 saturated carbocycles. The summed E-state index contributed by atoms with van der Waals surface area (Å²) in [5.74, 6) is 4.00. The average Bonchev–Trinajstić information content (AvgIpc) is 1.90. The molecule has 0 aliphatic rings. The number of hydrogen-bond acceptors (Lipinski definition) is 0. The van der Waals surface area contributed by atoms with Gasteiger partial charge in [0.05, 0.1) is 0 Å². The minimum absolute atomic E-state index is 0.380. The van der Waals surface area contributed by atoms with Crippen molar-refractivity contribution in [3.8, 4) is 0 Å². The molecule has 0 atom stereocenters. The Bertz CT molecular complexity index is 110. The third-order valence-corrected chi connectivity index (χ3v) is 0.667. The van der Waals surface area contributed by atoms with Crippen LogP contribution in [0.3, 0.4) is 0 Å². The summed E-state index contributed by atoms with van der Waals surface area (Å²) in [6.07, 6.45) is 0. The van der Waals surface area contributed by atoms with Crippen molar-refractivity contribution >= 4 is 14.8 Å². The van der Waals surface area contributed by atoms with Crippen LogP contribution in [0.5, 0.6) is 0 Å². The van der Waals surface area contributed by atoms with Crippen LogP contribution in [0, 0.1) is 0 Å². The predicted octanol–water partition coefficient (Wildman–Crippen LogP) is 2.38. The van der Waals surface area contributed by atoms with E-state index < -0.39 is 0 Å². The third-order valence-electron chi connectivity index (χ3n) is 0.667. The van der Waals surface area contributed by atoms with Gasteiger partial charge in [0, 0.05) is 0 Å². The molecule has 0 fully saturated rings. The maximum atomic E-state index is 2.23. The molecular weight excluding hydrogens is 138 g/mol. The fourth-order valence-corrected chi connectivity index (χ4v) is 0.385. The topological polar surface area (TPSA) is 0 Å². The molecule has 0 saturated heterocycles. The van der Waals surface area contributed by atoms with Crippen LogP contribution < -0.4 is 0 Å². The Morgan fingerprint density at radius 3 is 1.40 bits per heavy atom. The van der Waals surface area contributed by atoms with E-state index in [-0.39, 0.29) is 0 Å². The van der Waals surface area contributed by atoms with Crippen LogP contribution in [0.4, 0.5) is 0 Å². The van der Waals surface area contributed by atoms with E-state index in [0.717, 1.165) is 0 Å². The monoisotopic (exact) mass is 152 g/mol. The first-order valence-corrected chi connectivity index (χ1v) is 6.02. The molecule has 1 heterocycles. The van der Waals surface area contributed by atoms with Crippen LogP contribution in [0.2, 0.25) is 0 Å². The fraction of sp³-hybridized carbons (Fsp3) is 0.375. The summed E-state index contributed by atoms with van der Waals surface area (Å²) in [4.78, 5) is 0. The zero-order chi connectivity index (χ0) is 7.82. The van der Waals surface area contributed by atoms with Crippen LogP contribution in [0.25, 0.3) is 0 Å². The molecule has 0 aromatic carbocycles. The van der Waals surface area contributed by atoms with Crippen LogP contribution in [0.15, 0.2) is 30.1 Å². The Labute approximate surface area is 65.6 Å². The fourth-order valence-electron chi connectivity index (χ4n) is 0.385. The van der Waals surface area contributed by atoms with E-state index in [9.17, 15) is 0 Å². The van der Waals surface area contributed by atoms with Crippen molar-refractivity contribution in [1.29, 1.82) is 0 Å². The summed E-state index contributed by atoms with van der Waals surface area (Å²) in [6, 6.07) is 6.00. The summed E-state index contributed by atoms with van der Waals surface area (Å²) in [5.41, 5.74) is 0. The first kappa shape index (κ1) is 9.84. The number of hydrogen-bond donors (Lipinski definition) is 0. The molecule has 10 heavy (non-hydrogen) atoms. The summed E-state index contributed by atoms with van der Waals surface area (Å²) in [5, 5.41) is 0. The molecule has 0 aliphatic heterocycles. The Kier molecular flexibility index (Phi) is 6.85. The van der Waals surface area contributed by atoms with E-state index >= 15 is 0 Å². The quantitative estimate of drug-likeness (QED) is 0.500. The maximum absolute atomic E-state index is 2.23. The van der Waals surface area contributed by atoms with Gasteiger partial charge in [0.25, 0.3) is 0 Å². The van der Waals surface area contributed by atoms with E-state index in [4.69, 9.17) is 0 Å². The first-order valence-electron chi connectivity index (χ1n) is 3.34. The van der Waals surface area contributed by atoms with E-state index in [1.165, 1.54) is 0 Å². The summed E-state index contributed by atoms with van der Waals surface area (Å²) < 4.78 is 0. The SMILES string of the molecule is CP(C)C.b1ccccc1. The molecule has 0 nitrogen and oxygen atoms in total. The average molecular weight is 152 g/mol. The van der Waals surface area contributed by atoms with Crippen molar-refractivity contribution in [3.63, 3.8) is 0 Å². The second-order valence-corrected chi connectivity index (χ2v) is 5.18. The summed E-state index contributed by atoms with van der Waals surface area (Å²) >= 11 is 0. The van der Waals surface area contributed by atoms with Crippen molar-refractivity contribution in [1.82, 2.24) is 0 Å².